The number of rotatable bonds is 8. The van der Waals surface area contributed by atoms with Gasteiger partial charge in [0.15, 0.2) is 0 Å². The smallest absolute Gasteiger partial charge is 0.249 e. The van der Waals surface area contributed by atoms with Gasteiger partial charge in [0.05, 0.1) is 19.6 Å². The van der Waals surface area contributed by atoms with Crippen molar-refractivity contribution in [3.8, 4) is 5.75 Å². The molecule has 1 aromatic heterocycles. The first-order valence-corrected chi connectivity index (χ1v) is 9.75. The lowest BCUT2D eigenvalue weighted by Gasteiger charge is -2.06. The maximum atomic E-state index is 12.0. The first kappa shape index (κ1) is 18.4. The number of ether oxygens (including phenoxy) is 1. The summed E-state index contributed by atoms with van der Waals surface area (Å²) in [5, 5.41) is 2.79. The summed E-state index contributed by atoms with van der Waals surface area (Å²) >= 11 is 1.14. The molecule has 1 amide bonds. The van der Waals surface area contributed by atoms with E-state index < -0.39 is 10.0 Å². The third kappa shape index (κ3) is 5.05. The molecule has 0 fully saturated rings. The first-order chi connectivity index (χ1) is 11.4. The van der Waals surface area contributed by atoms with Crippen LogP contribution in [0.5, 0.6) is 5.75 Å². The molecule has 0 atom stereocenters. The summed E-state index contributed by atoms with van der Waals surface area (Å²) in [4.78, 5) is 12.8. The maximum absolute atomic E-state index is 12.0. The minimum Gasteiger partial charge on any atom is -0.494 e. The van der Waals surface area contributed by atoms with Crippen molar-refractivity contribution in [2.45, 2.75) is 24.1 Å². The van der Waals surface area contributed by atoms with Crippen molar-refractivity contribution < 1.29 is 17.9 Å². The van der Waals surface area contributed by atoms with Crippen LogP contribution in [0.1, 0.15) is 17.4 Å². The number of thiophene rings is 1. The summed E-state index contributed by atoms with van der Waals surface area (Å²) in [7, 11) is -2.06. The Balaban J connectivity index is 1.87. The Labute approximate surface area is 145 Å². The number of amides is 1. The topological polar surface area (TPSA) is 84.5 Å². The van der Waals surface area contributed by atoms with Gasteiger partial charge < -0.3 is 10.1 Å². The van der Waals surface area contributed by atoms with Crippen LogP contribution in [0.15, 0.2) is 40.6 Å². The van der Waals surface area contributed by atoms with Gasteiger partial charge in [-0.3, -0.25) is 4.79 Å². The molecule has 24 heavy (non-hydrogen) atoms. The predicted molar refractivity (Wildman–Crippen MR) is 93.7 cm³/mol. The summed E-state index contributed by atoms with van der Waals surface area (Å²) in [6, 6.07) is 10.6. The second-order valence-corrected chi connectivity index (χ2v) is 8.24. The second kappa shape index (κ2) is 8.27. The zero-order valence-corrected chi connectivity index (χ0v) is 15.2. The normalized spacial score (nSPS) is 11.2. The molecule has 8 heteroatoms. The van der Waals surface area contributed by atoms with Crippen LogP contribution in [-0.2, 0) is 27.8 Å². The summed E-state index contributed by atoms with van der Waals surface area (Å²) in [5.41, 5.74) is 0.889. The van der Waals surface area contributed by atoms with E-state index in [0.29, 0.717) is 13.2 Å². The molecule has 0 spiro atoms. The Bertz CT molecular complexity index is 783. The monoisotopic (exact) mass is 368 g/mol. The molecular formula is C16H20N2O4S2. The molecule has 130 valence electrons. The average molecular weight is 368 g/mol. The third-order valence-corrected chi connectivity index (χ3v) is 6.22. The highest BCUT2D eigenvalue weighted by molar-refractivity contribution is 7.91. The van der Waals surface area contributed by atoms with Crippen LogP contribution in [0.4, 0.5) is 0 Å². The lowest BCUT2D eigenvalue weighted by molar-refractivity contribution is -0.120. The maximum Gasteiger partial charge on any atom is 0.249 e. The Morgan fingerprint density at radius 3 is 2.50 bits per heavy atom. The van der Waals surface area contributed by atoms with Crippen LogP contribution in [0.2, 0.25) is 0 Å². The van der Waals surface area contributed by atoms with Crippen molar-refractivity contribution in [2.75, 3.05) is 13.7 Å². The zero-order valence-electron chi connectivity index (χ0n) is 13.5. The Hall–Kier alpha value is -1.90. The molecule has 0 unspecified atom stereocenters. The van der Waals surface area contributed by atoms with Gasteiger partial charge in [0, 0.05) is 4.88 Å². The molecule has 0 bridgehead atoms. The van der Waals surface area contributed by atoms with E-state index in [2.05, 4.69) is 10.0 Å². The standard InChI is InChI=1S/C16H20N2O4S2/c1-3-22-13-6-4-12(5-7-13)10-15(19)18-11-14-8-9-16(23-14)24(20,21)17-2/h4-9,17H,3,10-11H2,1-2H3,(H,18,19). The number of hydrogen-bond acceptors (Lipinski definition) is 5. The average Bonchev–Trinajstić information content (AvgIpc) is 3.05. The molecule has 2 aromatic rings. The van der Waals surface area contributed by atoms with Gasteiger partial charge in [-0.25, -0.2) is 13.1 Å². The number of carbonyl (C=O) groups is 1. The molecule has 0 saturated heterocycles. The van der Waals surface area contributed by atoms with E-state index in [9.17, 15) is 13.2 Å². The number of sulfonamides is 1. The van der Waals surface area contributed by atoms with Crippen LogP contribution < -0.4 is 14.8 Å². The molecule has 0 aliphatic heterocycles. The molecule has 0 aliphatic rings. The largest absolute Gasteiger partial charge is 0.494 e. The van der Waals surface area contributed by atoms with E-state index in [1.165, 1.54) is 13.1 Å². The SMILES string of the molecule is CCOc1ccc(CC(=O)NCc2ccc(S(=O)(=O)NC)s2)cc1. The zero-order chi connectivity index (χ0) is 17.6. The predicted octanol–water partition coefficient (Wildman–Crippen LogP) is 1.91. The minimum absolute atomic E-state index is 0.120. The van der Waals surface area contributed by atoms with E-state index in [-0.39, 0.29) is 16.5 Å². The fraction of sp³-hybridized carbons (Fsp3) is 0.312. The van der Waals surface area contributed by atoms with Gasteiger partial charge in [-0.2, -0.15) is 0 Å². The fourth-order valence-electron chi connectivity index (χ4n) is 2.00. The second-order valence-electron chi connectivity index (χ2n) is 4.96. The minimum atomic E-state index is -3.43. The van der Waals surface area contributed by atoms with Crippen molar-refractivity contribution in [2.24, 2.45) is 0 Å². The van der Waals surface area contributed by atoms with Crippen LogP contribution >= 0.6 is 11.3 Å². The van der Waals surface area contributed by atoms with Crippen LogP contribution in [0.25, 0.3) is 0 Å². The van der Waals surface area contributed by atoms with Gasteiger partial charge >= 0.3 is 0 Å². The van der Waals surface area contributed by atoms with Crippen LogP contribution in [-0.4, -0.2) is 28.0 Å². The summed E-state index contributed by atoms with van der Waals surface area (Å²) < 4.78 is 31.2. The van der Waals surface area contributed by atoms with Gasteiger partial charge in [-0.1, -0.05) is 12.1 Å². The van der Waals surface area contributed by atoms with Crippen molar-refractivity contribution in [3.05, 3.63) is 46.8 Å². The number of nitrogens with one attached hydrogen (secondary N) is 2. The summed E-state index contributed by atoms with van der Waals surface area (Å²) in [6.07, 6.45) is 0.263. The highest BCUT2D eigenvalue weighted by Gasteiger charge is 2.14. The van der Waals surface area contributed by atoms with E-state index in [1.807, 2.05) is 31.2 Å². The van der Waals surface area contributed by atoms with Gasteiger partial charge in [-0.05, 0) is 43.8 Å². The van der Waals surface area contributed by atoms with Crippen LogP contribution in [0, 0.1) is 0 Å². The van der Waals surface area contributed by atoms with E-state index in [1.54, 1.807) is 6.07 Å². The first-order valence-electron chi connectivity index (χ1n) is 7.45. The van der Waals surface area contributed by atoms with Crippen molar-refractivity contribution >= 4 is 27.3 Å². The molecule has 0 radical (unpaired) electrons. The van der Waals surface area contributed by atoms with E-state index in [4.69, 9.17) is 4.74 Å². The molecular weight excluding hydrogens is 348 g/mol. The summed E-state index contributed by atoms with van der Waals surface area (Å²) in [5.74, 6) is 0.657. The lowest BCUT2D eigenvalue weighted by Crippen LogP contribution is -2.24. The molecule has 2 rings (SSSR count). The molecule has 2 N–H and O–H groups in total. The quantitative estimate of drug-likeness (QED) is 0.745. The summed E-state index contributed by atoms with van der Waals surface area (Å²) in [6.45, 7) is 2.82. The molecule has 1 aromatic carbocycles. The van der Waals surface area contributed by atoms with Crippen molar-refractivity contribution in [1.29, 1.82) is 0 Å². The van der Waals surface area contributed by atoms with Gasteiger partial charge in [0.25, 0.3) is 0 Å². The van der Waals surface area contributed by atoms with E-state index >= 15 is 0 Å². The van der Waals surface area contributed by atoms with E-state index in [0.717, 1.165) is 27.5 Å². The van der Waals surface area contributed by atoms with Crippen molar-refractivity contribution in [3.63, 3.8) is 0 Å². The van der Waals surface area contributed by atoms with Gasteiger partial charge in [-0.15, -0.1) is 11.3 Å². The fourth-order valence-corrected chi connectivity index (χ4v) is 4.14. The Morgan fingerprint density at radius 1 is 1.17 bits per heavy atom. The van der Waals surface area contributed by atoms with Crippen LogP contribution in [0.3, 0.4) is 0 Å². The highest BCUT2D eigenvalue weighted by Crippen LogP contribution is 2.21. The molecule has 0 aliphatic carbocycles. The molecule has 1 heterocycles. The van der Waals surface area contributed by atoms with Gasteiger partial charge in [0.2, 0.25) is 15.9 Å². The van der Waals surface area contributed by atoms with Crippen molar-refractivity contribution in [1.82, 2.24) is 10.0 Å². The third-order valence-electron chi connectivity index (χ3n) is 3.23. The molecule has 0 saturated carbocycles. The Kier molecular flexibility index (Phi) is 6.36. The van der Waals surface area contributed by atoms with Gasteiger partial charge in [0.1, 0.15) is 9.96 Å². The number of carbonyl (C=O) groups excluding carboxylic acids is 1. The molecule has 6 nitrogen and oxygen atoms in total. The number of benzene rings is 1. The highest BCUT2D eigenvalue weighted by atomic mass is 32.2. The lowest BCUT2D eigenvalue weighted by atomic mass is 10.1. The Morgan fingerprint density at radius 2 is 1.88 bits per heavy atom. The number of hydrogen-bond donors (Lipinski definition) is 2.